The predicted molar refractivity (Wildman–Crippen MR) is 120 cm³/mol. The van der Waals surface area contributed by atoms with E-state index in [-0.39, 0.29) is 10.5 Å². The summed E-state index contributed by atoms with van der Waals surface area (Å²) < 4.78 is 38.5. The largest absolute Gasteiger partial charge is 0.496 e. The number of hydrogen-bond acceptors (Lipinski definition) is 5. The zero-order valence-electron chi connectivity index (χ0n) is 17.7. The molecule has 0 aromatic heterocycles. The highest BCUT2D eigenvalue weighted by Crippen LogP contribution is 2.27. The molecule has 1 heterocycles. The van der Waals surface area contributed by atoms with E-state index in [9.17, 15) is 13.2 Å². The van der Waals surface area contributed by atoms with Gasteiger partial charge in [-0.25, -0.2) is 8.42 Å². The van der Waals surface area contributed by atoms with Gasteiger partial charge in [0.15, 0.2) is 0 Å². The maximum Gasteiger partial charge on any atom is 0.259 e. The van der Waals surface area contributed by atoms with E-state index in [2.05, 4.69) is 11.9 Å². The van der Waals surface area contributed by atoms with E-state index < -0.39 is 15.9 Å². The molecule has 1 aliphatic rings. The SMILES string of the molecule is C=CCOc1ccc(NC(=O)c2cc(S(=O)(=O)N3CCCCCC3)ccc2OC)cc1. The number of anilines is 1. The number of carbonyl (C=O) groups excluding carboxylic acids is 1. The molecule has 1 saturated heterocycles. The molecule has 0 saturated carbocycles. The normalized spacial score (nSPS) is 15.0. The summed E-state index contributed by atoms with van der Waals surface area (Å²) in [4.78, 5) is 13.0. The third kappa shape index (κ3) is 5.65. The first-order valence-electron chi connectivity index (χ1n) is 10.3. The van der Waals surface area contributed by atoms with E-state index >= 15 is 0 Å². The molecule has 2 aromatic carbocycles. The van der Waals surface area contributed by atoms with E-state index in [0.29, 0.717) is 36.9 Å². The van der Waals surface area contributed by atoms with Gasteiger partial charge in [0.2, 0.25) is 10.0 Å². The zero-order valence-corrected chi connectivity index (χ0v) is 18.5. The van der Waals surface area contributed by atoms with Crippen LogP contribution in [-0.2, 0) is 10.0 Å². The molecule has 0 unspecified atom stereocenters. The number of rotatable bonds is 8. The van der Waals surface area contributed by atoms with Crippen LogP contribution in [0.1, 0.15) is 36.0 Å². The molecule has 1 fully saturated rings. The Morgan fingerprint density at radius 3 is 2.39 bits per heavy atom. The summed E-state index contributed by atoms with van der Waals surface area (Å²) >= 11 is 0. The van der Waals surface area contributed by atoms with Gasteiger partial charge in [-0.1, -0.05) is 25.5 Å². The van der Waals surface area contributed by atoms with Crippen LogP contribution in [0.5, 0.6) is 11.5 Å². The van der Waals surface area contributed by atoms with Gasteiger partial charge in [0.05, 0.1) is 17.6 Å². The lowest BCUT2D eigenvalue weighted by atomic mass is 10.2. The van der Waals surface area contributed by atoms with E-state index in [1.54, 1.807) is 30.3 Å². The van der Waals surface area contributed by atoms with E-state index in [1.165, 1.54) is 29.6 Å². The van der Waals surface area contributed by atoms with Gasteiger partial charge in [-0.05, 0) is 55.3 Å². The Kier molecular flexibility index (Phi) is 7.70. The topological polar surface area (TPSA) is 84.9 Å². The van der Waals surface area contributed by atoms with Crippen molar-refractivity contribution in [3.8, 4) is 11.5 Å². The van der Waals surface area contributed by atoms with Gasteiger partial charge in [-0.3, -0.25) is 4.79 Å². The third-order valence-corrected chi connectivity index (χ3v) is 6.99. The molecule has 1 aliphatic heterocycles. The molecule has 2 aromatic rings. The molecule has 31 heavy (non-hydrogen) atoms. The highest BCUT2D eigenvalue weighted by Gasteiger charge is 2.27. The maximum atomic E-state index is 13.1. The number of benzene rings is 2. The lowest BCUT2D eigenvalue weighted by Gasteiger charge is -2.20. The quantitative estimate of drug-likeness (QED) is 0.620. The van der Waals surface area contributed by atoms with Crippen molar-refractivity contribution in [1.29, 1.82) is 0 Å². The van der Waals surface area contributed by atoms with Gasteiger partial charge in [0, 0.05) is 18.8 Å². The van der Waals surface area contributed by atoms with Crippen molar-refractivity contribution in [1.82, 2.24) is 4.31 Å². The number of nitrogens with zero attached hydrogens (tertiary/aromatic N) is 1. The summed E-state index contributed by atoms with van der Waals surface area (Å²) in [6, 6.07) is 11.3. The second-order valence-electron chi connectivity index (χ2n) is 7.26. The highest BCUT2D eigenvalue weighted by molar-refractivity contribution is 7.89. The number of methoxy groups -OCH3 is 1. The molecule has 0 aliphatic carbocycles. The van der Waals surface area contributed by atoms with Crippen molar-refractivity contribution in [2.24, 2.45) is 0 Å². The molecule has 0 spiro atoms. The second kappa shape index (κ2) is 10.5. The van der Waals surface area contributed by atoms with Crippen LogP contribution in [-0.4, -0.2) is 45.4 Å². The van der Waals surface area contributed by atoms with E-state index in [4.69, 9.17) is 9.47 Å². The number of ether oxygens (including phenoxy) is 2. The molecular weight excluding hydrogens is 416 g/mol. The average molecular weight is 445 g/mol. The van der Waals surface area contributed by atoms with Gasteiger partial charge < -0.3 is 14.8 Å². The van der Waals surface area contributed by atoms with Crippen LogP contribution in [0, 0.1) is 0 Å². The van der Waals surface area contributed by atoms with Crippen molar-refractivity contribution in [2.45, 2.75) is 30.6 Å². The van der Waals surface area contributed by atoms with Crippen LogP contribution in [0.15, 0.2) is 60.0 Å². The van der Waals surface area contributed by atoms with Crippen LogP contribution in [0.25, 0.3) is 0 Å². The Morgan fingerprint density at radius 1 is 1.10 bits per heavy atom. The lowest BCUT2D eigenvalue weighted by Crippen LogP contribution is -2.32. The number of nitrogens with one attached hydrogen (secondary N) is 1. The van der Waals surface area contributed by atoms with Gasteiger partial charge in [-0.2, -0.15) is 4.31 Å². The highest BCUT2D eigenvalue weighted by atomic mass is 32.2. The first kappa shape index (κ1) is 22.8. The molecule has 3 rings (SSSR count). The van der Waals surface area contributed by atoms with Gasteiger partial charge in [0.25, 0.3) is 5.91 Å². The Bertz CT molecular complexity index is 1010. The predicted octanol–water partition coefficient (Wildman–Crippen LogP) is 4.08. The molecule has 0 radical (unpaired) electrons. The van der Waals surface area contributed by atoms with Crippen molar-refractivity contribution in [2.75, 3.05) is 32.1 Å². The van der Waals surface area contributed by atoms with Crippen LogP contribution >= 0.6 is 0 Å². The molecular formula is C23H28N2O5S. The summed E-state index contributed by atoms with van der Waals surface area (Å²) in [6.07, 6.45) is 5.39. The third-order valence-electron chi connectivity index (χ3n) is 5.10. The zero-order chi connectivity index (χ0) is 22.3. The summed E-state index contributed by atoms with van der Waals surface area (Å²) in [6.45, 7) is 4.98. The minimum Gasteiger partial charge on any atom is -0.496 e. The molecule has 1 N–H and O–H groups in total. The van der Waals surface area contributed by atoms with Crippen LogP contribution in [0.3, 0.4) is 0 Å². The first-order valence-corrected chi connectivity index (χ1v) is 11.7. The number of sulfonamides is 1. The molecule has 8 heteroatoms. The Balaban J connectivity index is 1.82. The maximum absolute atomic E-state index is 13.1. The fourth-order valence-electron chi connectivity index (χ4n) is 3.44. The Labute approximate surface area is 183 Å². The van der Waals surface area contributed by atoms with Crippen molar-refractivity contribution < 1.29 is 22.7 Å². The number of hydrogen-bond donors (Lipinski definition) is 1. The molecule has 7 nitrogen and oxygen atoms in total. The summed E-state index contributed by atoms with van der Waals surface area (Å²) in [5.41, 5.74) is 0.712. The minimum absolute atomic E-state index is 0.0912. The van der Waals surface area contributed by atoms with Crippen molar-refractivity contribution in [3.63, 3.8) is 0 Å². The fraction of sp³-hybridized carbons (Fsp3) is 0.348. The van der Waals surface area contributed by atoms with Crippen molar-refractivity contribution in [3.05, 3.63) is 60.7 Å². The lowest BCUT2D eigenvalue weighted by molar-refractivity contribution is 0.102. The standard InChI is InChI=1S/C23H28N2O5S/c1-3-16-30-19-10-8-18(9-11-19)24-23(26)21-17-20(12-13-22(21)29-2)31(27,28)25-14-6-4-5-7-15-25/h3,8-13,17H,1,4-7,14-16H2,2H3,(H,24,26). The molecule has 0 bridgehead atoms. The summed E-state index contributed by atoms with van der Waals surface area (Å²) in [7, 11) is -2.24. The van der Waals surface area contributed by atoms with Gasteiger partial charge in [-0.15, -0.1) is 0 Å². The number of carbonyl (C=O) groups is 1. The van der Waals surface area contributed by atoms with Gasteiger partial charge in [0.1, 0.15) is 18.1 Å². The fourth-order valence-corrected chi connectivity index (χ4v) is 4.99. The van der Waals surface area contributed by atoms with E-state index in [0.717, 1.165) is 25.7 Å². The molecule has 1 amide bonds. The summed E-state index contributed by atoms with van der Waals surface area (Å²) in [5, 5.41) is 2.78. The van der Waals surface area contributed by atoms with Crippen LogP contribution < -0.4 is 14.8 Å². The minimum atomic E-state index is -3.68. The first-order chi connectivity index (χ1) is 15.0. The molecule has 0 atom stereocenters. The Morgan fingerprint density at radius 2 is 1.77 bits per heavy atom. The van der Waals surface area contributed by atoms with Crippen molar-refractivity contribution >= 4 is 21.6 Å². The second-order valence-corrected chi connectivity index (χ2v) is 9.20. The summed E-state index contributed by atoms with van der Waals surface area (Å²) in [5.74, 6) is 0.504. The average Bonchev–Trinajstić information content (AvgIpc) is 3.08. The number of amides is 1. The van der Waals surface area contributed by atoms with E-state index in [1.807, 2.05) is 0 Å². The Hall–Kier alpha value is -2.84. The van der Waals surface area contributed by atoms with Gasteiger partial charge >= 0.3 is 0 Å². The monoisotopic (exact) mass is 444 g/mol. The smallest absolute Gasteiger partial charge is 0.259 e. The molecule has 166 valence electrons. The van der Waals surface area contributed by atoms with Crippen LogP contribution in [0.2, 0.25) is 0 Å². The van der Waals surface area contributed by atoms with Crippen LogP contribution in [0.4, 0.5) is 5.69 Å².